The van der Waals surface area contributed by atoms with Gasteiger partial charge in [0.2, 0.25) is 0 Å². The summed E-state index contributed by atoms with van der Waals surface area (Å²) in [6.07, 6.45) is 2.17. The first kappa shape index (κ1) is 30.3. The number of ether oxygens (including phenoxy) is 3. The Hall–Kier alpha value is -3.13. The fourth-order valence-electron chi connectivity index (χ4n) is 5.04. The maximum Gasteiger partial charge on any atom is 0.323 e. The summed E-state index contributed by atoms with van der Waals surface area (Å²) in [5, 5.41) is 25.0. The largest absolute Gasteiger partial charge is 0.497 e. The second-order valence-electron chi connectivity index (χ2n) is 10.4. The molecule has 14 nitrogen and oxygen atoms in total. The number of nitrogens with two attached hydrogens (primary N) is 1. The average molecular weight is 605 g/mol. The number of aromatic nitrogens is 4. The second-order valence-corrected chi connectivity index (χ2v) is 11.6. The third-order valence-corrected chi connectivity index (χ3v) is 8.90. The lowest BCUT2D eigenvalue weighted by molar-refractivity contribution is -0.152. The Morgan fingerprint density at radius 3 is 2.52 bits per heavy atom. The van der Waals surface area contributed by atoms with Crippen LogP contribution in [0.1, 0.15) is 52.2 Å². The number of methoxy groups -OCH3 is 1. The van der Waals surface area contributed by atoms with Gasteiger partial charge >= 0.3 is 14.5 Å². The number of imidazole rings is 1. The quantitative estimate of drug-likeness (QED) is 0.185. The molecular formula is C27H37N6O8P. The number of hydrogen-bond acceptors (Lipinski definition) is 13. The van der Waals surface area contributed by atoms with Crippen LogP contribution in [0, 0.1) is 0 Å². The highest BCUT2D eigenvalue weighted by atomic mass is 31.2. The fraction of sp³-hybridized carbons (Fsp3) is 0.556. The summed E-state index contributed by atoms with van der Waals surface area (Å²) in [6, 6.07) is 6.17. The molecule has 2 aromatic heterocycles. The third-order valence-electron chi connectivity index (χ3n) is 7.40. The molecule has 3 aromatic rings. The van der Waals surface area contributed by atoms with Gasteiger partial charge in [-0.05, 0) is 63.8 Å². The van der Waals surface area contributed by atoms with E-state index in [0.717, 1.165) is 32.1 Å². The van der Waals surface area contributed by atoms with E-state index >= 15 is 0 Å². The minimum Gasteiger partial charge on any atom is -0.497 e. The molecule has 2 fully saturated rings. The molecule has 1 aliphatic heterocycles. The summed E-state index contributed by atoms with van der Waals surface area (Å²) in [5.41, 5.74) is 6.60. The van der Waals surface area contributed by atoms with Crippen molar-refractivity contribution < 1.29 is 38.3 Å². The minimum absolute atomic E-state index is 0.0931. The zero-order chi connectivity index (χ0) is 29.8. The van der Waals surface area contributed by atoms with Crippen LogP contribution in [0.2, 0.25) is 0 Å². The van der Waals surface area contributed by atoms with Gasteiger partial charge in [0.25, 0.3) is 0 Å². The van der Waals surface area contributed by atoms with Crippen LogP contribution in [0.5, 0.6) is 11.5 Å². The molecule has 42 heavy (non-hydrogen) atoms. The predicted molar refractivity (Wildman–Crippen MR) is 152 cm³/mol. The maximum absolute atomic E-state index is 12.9. The Bertz CT molecular complexity index is 1340. The molecule has 0 radical (unpaired) electrons. The molecule has 0 bridgehead atoms. The Balaban J connectivity index is 1.29. The SMILES string of the molecule is COc1ccc(OP(NC(C)C(=O)OC2CCCCC2)OC(C)C2OC(n3cnc4c(N)ncnc43)C(O)C2O)cc1. The Labute approximate surface area is 244 Å². The van der Waals surface area contributed by atoms with E-state index in [9.17, 15) is 15.0 Å². The molecule has 0 amide bonds. The number of aliphatic hydroxyl groups is 2. The van der Waals surface area contributed by atoms with Gasteiger partial charge in [0, 0.05) is 0 Å². The van der Waals surface area contributed by atoms with Crippen molar-refractivity contribution in [1.29, 1.82) is 0 Å². The van der Waals surface area contributed by atoms with Crippen molar-refractivity contribution in [3.8, 4) is 11.5 Å². The number of anilines is 1. The first-order valence-corrected chi connectivity index (χ1v) is 15.1. The predicted octanol–water partition coefficient (Wildman–Crippen LogP) is 2.60. The number of nitrogen functional groups attached to an aromatic ring is 1. The van der Waals surface area contributed by atoms with E-state index in [-0.39, 0.29) is 11.9 Å². The van der Waals surface area contributed by atoms with E-state index in [1.807, 2.05) is 0 Å². The summed E-state index contributed by atoms with van der Waals surface area (Å²) in [6.45, 7) is 3.37. The summed E-state index contributed by atoms with van der Waals surface area (Å²) in [7, 11) is -0.380. The molecule has 5 N–H and O–H groups in total. The molecule has 0 spiro atoms. The lowest BCUT2D eigenvalue weighted by Crippen LogP contribution is -2.40. The molecule has 15 heteroatoms. The van der Waals surface area contributed by atoms with Gasteiger partial charge in [-0.3, -0.25) is 9.36 Å². The Morgan fingerprint density at radius 2 is 1.81 bits per heavy atom. The smallest absolute Gasteiger partial charge is 0.323 e. The second kappa shape index (κ2) is 13.4. The summed E-state index contributed by atoms with van der Waals surface area (Å²) < 4.78 is 30.9. The fourth-order valence-corrected chi connectivity index (χ4v) is 6.35. The van der Waals surface area contributed by atoms with E-state index in [1.54, 1.807) is 45.2 Å². The van der Waals surface area contributed by atoms with Gasteiger partial charge in [-0.15, -0.1) is 0 Å². The number of nitrogens with one attached hydrogen (secondary N) is 1. The van der Waals surface area contributed by atoms with Crippen molar-refractivity contribution >= 4 is 31.5 Å². The van der Waals surface area contributed by atoms with Crippen LogP contribution in [-0.2, 0) is 18.8 Å². The molecular weight excluding hydrogens is 567 g/mol. The van der Waals surface area contributed by atoms with Crippen molar-refractivity contribution in [1.82, 2.24) is 24.6 Å². The number of fused-ring (bicyclic) bond motifs is 1. The zero-order valence-corrected chi connectivity index (χ0v) is 24.6. The highest BCUT2D eigenvalue weighted by Crippen LogP contribution is 2.42. The molecule has 7 unspecified atom stereocenters. The Kier molecular flexibility index (Phi) is 9.71. The zero-order valence-electron chi connectivity index (χ0n) is 23.7. The number of carbonyl (C=O) groups is 1. The molecule has 1 aliphatic carbocycles. The number of rotatable bonds is 11. The number of esters is 1. The molecule has 5 rings (SSSR count). The van der Waals surface area contributed by atoms with Crippen molar-refractivity contribution in [2.24, 2.45) is 0 Å². The van der Waals surface area contributed by atoms with Crippen LogP contribution in [-0.4, -0.2) is 79.4 Å². The monoisotopic (exact) mass is 604 g/mol. The molecule has 1 saturated carbocycles. The van der Waals surface area contributed by atoms with Crippen LogP contribution < -0.4 is 20.1 Å². The van der Waals surface area contributed by atoms with Gasteiger partial charge < -0.3 is 39.2 Å². The van der Waals surface area contributed by atoms with Crippen LogP contribution in [0.15, 0.2) is 36.9 Å². The van der Waals surface area contributed by atoms with Gasteiger partial charge in [-0.2, -0.15) is 0 Å². The third kappa shape index (κ3) is 6.74. The maximum atomic E-state index is 12.9. The lowest BCUT2D eigenvalue weighted by Gasteiger charge is -2.29. The van der Waals surface area contributed by atoms with Crippen molar-refractivity contribution in [2.45, 2.75) is 88.7 Å². The van der Waals surface area contributed by atoms with E-state index < -0.39 is 51.2 Å². The molecule has 7 atom stereocenters. The number of benzene rings is 1. The number of carbonyl (C=O) groups excluding carboxylic acids is 1. The molecule has 2 aliphatic rings. The summed E-state index contributed by atoms with van der Waals surface area (Å²) in [4.78, 5) is 25.2. The first-order chi connectivity index (χ1) is 20.2. The van der Waals surface area contributed by atoms with E-state index in [4.69, 9.17) is 29.0 Å². The molecule has 1 aromatic carbocycles. The van der Waals surface area contributed by atoms with E-state index in [2.05, 4.69) is 20.0 Å². The molecule has 1 saturated heterocycles. The lowest BCUT2D eigenvalue weighted by atomic mass is 9.98. The summed E-state index contributed by atoms with van der Waals surface area (Å²) >= 11 is 0. The molecule has 228 valence electrons. The molecule has 3 heterocycles. The Morgan fingerprint density at radius 1 is 1.10 bits per heavy atom. The number of aliphatic hydroxyl groups excluding tert-OH is 2. The van der Waals surface area contributed by atoms with Gasteiger partial charge in [-0.1, -0.05) is 6.42 Å². The van der Waals surface area contributed by atoms with Gasteiger partial charge in [-0.25, -0.2) is 20.0 Å². The van der Waals surface area contributed by atoms with Crippen LogP contribution in [0.4, 0.5) is 5.82 Å². The van der Waals surface area contributed by atoms with Crippen molar-refractivity contribution in [3.05, 3.63) is 36.9 Å². The van der Waals surface area contributed by atoms with E-state index in [1.165, 1.54) is 17.2 Å². The van der Waals surface area contributed by atoms with Crippen LogP contribution >= 0.6 is 8.53 Å². The first-order valence-electron chi connectivity index (χ1n) is 14.0. The highest BCUT2D eigenvalue weighted by molar-refractivity contribution is 7.45. The highest BCUT2D eigenvalue weighted by Gasteiger charge is 2.48. The topological polar surface area (TPSA) is 185 Å². The van der Waals surface area contributed by atoms with Crippen molar-refractivity contribution in [2.75, 3.05) is 12.8 Å². The number of hydrogen-bond donors (Lipinski definition) is 4. The normalized spacial score (nSPS) is 25.2. The van der Waals surface area contributed by atoms with Crippen LogP contribution in [0.25, 0.3) is 11.2 Å². The van der Waals surface area contributed by atoms with E-state index in [0.29, 0.717) is 22.7 Å². The van der Waals surface area contributed by atoms with Gasteiger partial charge in [0.15, 0.2) is 17.7 Å². The number of nitrogens with zero attached hydrogens (tertiary/aromatic N) is 4. The average Bonchev–Trinajstić information content (AvgIpc) is 3.55. The van der Waals surface area contributed by atoms with Gasteiger partial charge in [0.05, 0.1) is 19.5 Å². The standard InChI is InChI=1S/C27H37N6O8P/c1-15(27(36)38-18-7-5-4-6-8-18)32-42(41-19-11-9-17(37-3)10-12-19)40-16(2)23-21(34)22(35)26(39-23)33-14-31-20-24(28)29-13-30-25(20)33/h9-16,18,21-23,26,32,34-35H,4-8H2,1-3H3,(H2,28,29,30). The minimum atomic E-state index is -1.95. The summed E-state index contributed by atoms with van der Waals surface area (Å²) in [5.74, 6) is 0.913. The van der Waals surface area contributed by atoms with Crippen molar-refractivity contribution in [3.63, 3.8) is 0 Å². The van der Waals surface area contributed by atoms with Crippen LogP contribution in [0.3, 0.4) is 0 Å². The van der Waals surface area contributed by atoms with Gasteiger partial charge in [0.1, 0.15) is 53.8 Å².